The van der Waals surface area contributed by atoms with Gasteiger partial charge in [0.2, 0.25) is 0 Å². The summed E-state index contributed by atoms with van der Waals surface area (Å²) in [5.41, 5.74) is 5.53. The largest absolute Gasteiger partial charge is 0.241 e. The monoisotopic (exact) mass is 321 g/mol. The molecular weight excluding hydrogens is 298 g/mol. The van der Waals surface area contributed by atoms with E-state index in [1.54, 1.807) is 10.4 Å². The van der Waals surface area contributed by atoms with Gasteiger partial charge in [0.1, 0.15) is 4.83 Å². The van der Waals surface area contributed by atoms with Crippen LogP contribution in [0.15, 0.2) is 36.4 Å². The van der Waals surface area contributed by atoms with Crippen LogP contribution in [0.4, 0.5) is 0 Å². The molecule has 1 aromatic carbocycles. The van der Waals surface area contributed by atoms with Crippen LogP contribution < -0.4 is 0 Å². The SMILES string of the molecule is CC(C)(C)c1cc(-c2ccccc2)c2c3c(sc2n1)CCCC3. The zero-order chi connectivity index (χ0) is 16.0. The number of fused-ring (bicyclic) bond motifs is 3. The summed E-state index contributed by atoms with van der Waals surface area (Å²) in [6, 6.07) is 13.2. The summed E-state index contributed by atoms with van der Waals surface area (Å²) in [5.74, 6) is 0. The van der Waals surface area contributed by atoms with Crippen LogP contribution in [0.1, 0.15) is 49.7 Å². The second kappa shape index (κ2) is 5.45. The van der Waals surface area contributed by atoms with Gasteiger partial charge in [0, 0.05) is 21.4 Å². The molecule has 0 amide bonds. The summed E-state index contributed by atoms with van der Waals surface area (Å²) in [6.45, 7) is 6.76. The predicted molar refractivity (Wildman–Crippen MR) is 100 cm³/mol. The normalized spacial score (nSPS) is 14.9. The Morgan fingerprint density at radius 1 is 1.00 bits per heavy atom. The zero-order valence-corrected chi connectivity index (χ0v) is 15.0. The Hall–Kier alpha value is -1.67. The molecule has 23 heavy (non-hydrogen) atoms. The van der Waals surface area contributed by atoms with Crippen molar-refractivity contribution in [1.82, 2.24) is 4.98 Å². The number of aromatic nitrogens is 1. The first-order valence-electron chi connectivity index (χ1n) is 8.55. The smallest absolute Gasteiger partial charge is 0.124 e. The second-order valence-corrected chi connectivity index (χ2v) is 8.65. The zero-order valence-electron chi connectivity index (χ0n) is 14.1. The van der Waals surface area contributed by atoms with Crippen molar-refractivity contribution in [3.63, 3.8) is 0 Å². The third kappa shape index (κ3) is 2.59. The molecule has 4 rings (SSSR count). The van der Waals surface area contributed by atoms with Crippen LogP contribution in [0.3, 0.4) is 0 Å². The molecule has 118 valence electrons. The molecule has 0 N–H and O–H groups in total. The summed E-state index contributed by atoms with van der Waals surface area (Å²) in [7, 11) is 0. The van der Waals surface area contributed by atoms with Crippen LogP contribution in [0.25, 0.3) is 21.3 Å². The summed E-state index contributed by atoms with van der Waals surface area (Å²) >= 11 is 1.93. The maximum absolute atomic E-state index is 5.06. The van der Waals surface area contributed by atoms with Gasteiger partial charge in [0.25, 0.3) is 0 Å². The number of aryl methyl sites for hydroxylation is 2. The first-order chi connectivity index (χ1) is 11.0. The second-order valence-electron chi connectivity index (χ2n) is 7.56. The third-order valence-electron chi connectivity index (χ3n) is 4.78. The topological polar surface area (TPSA) is 12.9 Å². The van der Waals surface area contributed by atoms with Crippen LogP contribution in [-0.2, 0) is 18.3 Å². The minimum Gasteiger partial charge on any atom is -0.241 e. The number of hydrogen-bond acceptors (Lipinski definition) is 2. The highest BCUT2D eigenvalue weighted by Gasteiger charge is 2.24. The Kier molecular flexibility index (Phi) is 3.53. The van der Waals surface area contributed by atoms with Gasteiger partial charge < -0.3 is 0 Å². The van der Waals surface area contributed by atoms with E-state index in [1.807, 2.05) is 11.3 Å². The van der Waals surface area contributed by atoms with Crippen molar-refractivity contribution in [2.45, 2.75) is 51.9 Å². The highest BCUT2D eigenvalue weighted by atomic mass is 32.1. The van der Waals surface area contributed by atoms with E-state index in [1.165, 1.54) is 52.7 Å². The maximum Gasteiger partial charge on any atom is 0.124 e. The number of nitrogens with zero attached hydrogens (tertiary/aromatic N) is 1. The molecule has 2 heterocycles. The molecule has 0 saturated heterocycles. The van der Waals surface area contributed by atoms with E-state index in [9.17, 15) is 0 Å². The molecule has 0 saturated carbocycles. The van der Waals surface area contributed by atoms with E-state index in [-0.39, 0.29) is 5.41 Å². The molecule has 2 aromatic heterocycles. The Morgan fingerprint density at radius 2 is 1.74 bits per heavy atom. The van der Waals surface area contributed by atoms with E-state index in [0.717, 1.165) is 0 Å². The summed E-state index contributed by atoms with van der Waals surface area (Å²) in [4.78, 5) is 7.87. The number of thiophene rings is 1. The van der Waals surface area contributed by atoms with E-state index in [0.29, 0.717) is 0 Å². The Labute approximate surface area is 142 Å². The quantitative estimate of drug-likeness (QED) is 0.524. The Bertz CT molecular complexity index is 853. The summed E-state index contributed by atoms with van der Waals surface area (Å²) in [5, 5.41) is 1.42. The highest BCUT2D eigenvalue weighted by molar-refractivity contribution is 7.19. The van der Waals surface area contributed by atoms with Crippen LogP contribution in [0.5, 0.6) is 0 Å². The van der Waals surface area contributed by atoms with Crippen molar-refractivity contribution in [2.75, 3.05) is 0 Å². The molecule has 0 spiro atoms. The van der Waals surface area contributed by atoms with Crippen molar-refractivity contribution in [1.29, 1.82) is 0 Å². The van der Waals surface area contributed by atoms with E-state index < -0.39 is 0 Å². The average molecular weight is 321 g/mol. The Balaban J connectivity index is 2.06. The lowest BCUT2D eigenvalue weighted by atomic mass is 9.87. The number of benzene rings is 1. The number of pyridine rings is 1. The van der Waals surface area contributed by atoms with Gasteiger partial charge in [-0.05, 0) is 48.4 Å². The van der Waals surface area contributed by atoms with Crippen molar-refractivity contribution < 1.29 is 0 Å². The molecule has 0 aliphatic heterocycles. The lowest BCUT2D eigenvalue weighted by Crippen LogP contribution is -2.13. The van der Waals surface area contributed by atoms with Crippen LogP contribution >= 0.6 is 11.3 Å². The third-order valence-corrected chi connectivity index (χ3v) is 5.96. The van der Waals surface area contributed by atoms with Crippen molar-refractivity contribution in [2.24, 2.45) is 0 Å². The lowest BCUT2D eigenvalue weighted by molar-refractivity contribution is 0.572. The molecule has 1 aliphatic rings. The molecule has 1 nitrogen and oxygen atoms in total. The van der Waals surface area contributed by atoms with Gasteiger partial charge in [-0.3, -0.25) is 0 Å². The molecule has 0 radical (unpaired) electrons. The summed E-state index contributed by atoms with van der Waals surface area (Å²) in [6.07, 6.45) is 5.09. The highest BCUT2D eigenvalue weighted by Crippen LogP contribution is 2.42. The molecule has 1 aliphatic carbocycles. The standard InChI is InChI=1S/C21H23NS/c1-21(2,3)18-13-16(14-9-5-4-6-10-14)19-15-11-7-8-12-17(15)23-20(19)22-18/h4-6,9-10,13H,7-8,11-12H2,1-3H3. The molecule has 0 fully saturated rings. The molecule has 0 unspecified atom stereocenters. The van der Waals surface area contributed by atoms with E-state index in [4.69, 9.17) is 4.98 Å². The van der Waals surface area contributed by atoms with Crippen LogP contribution in [-0.4, -0.2) is 4.98 Å². The molecule has 2 heteroatoms. The number of hydrogen-bond donors (Lipinski definition) is 0. The van der Waals surface area contributed by atoms with Gasteiger partial charge in [-0.2, -0.15) is 0 Å². The fraction of sp³-hybridized carbons (Fsp3) is 0.381. The molecule has 0 atom stereocenters. The number of rotatable bonds is 1. The van der Waals surface area contributed by atoms with Crippen molar-refractivity contribution >= 4 is 21.6 Å². The molecule has 3 aromatic rings. The van der Waals surface area contributed by atoms with Crippen LogP contribution in [0.2, 0.25) is 0 Å². The van der Waals surface area contributed by atoms with E-state index in [2.05, 4.69) is 57.2 Å². The first kappa shape index (κ1) is 14.9. The maximum atomic E-state index is 5.06. The van der Waals surface area contributed by atoms with Gasteiger partial charge in [-0.15, -0.1) is 11.3 Å². The van der Waals surface area contributed by atoms with Gasteiger partial charge in [0.15, 0.2) is 0 Å². The van der Waals surface area contributed by atoms with Crippen LogP contribution in [0, 0.1) is 0 Å². The van der Waals surface area contributed by atoms with Gasteiger partial charge in [-0.25, -0.2) is 4.98 Å². The Morgan fingerprint density at radius 3 is 2.48 bits per heavy atom. The fourth-order valence-electron chi connectivity index (χ4n) is 3.49. The molecular formula is C21H23NS. The fourth-order valence-corrected chi connectivity index (χ4v) is 4.77. The van der Waals surface area contributed by atoms with Crippen molar-refractivity contribution in [3.8, 4) is 11.1 Å². The predicted octanol–water partition coefficient (Wildman–Crippen LogP) is 6.14. The van der Waals surface area contributed by atoms with Gasteiger partial charge in [0.05, 0.1) is 0 Å². The van der Waals surface area contributed by atoms with E-state index >= 15 is 0 Å². The summed E-state index contributed by atoms with van der Waals surface area (Å²) < 4.78 is 0. The lowest BCUT2D eigenvalue weighted by Gasteiger charge is -2.20. The minimum atomic E-state index is 0.0716. The minimum absolute atomic E-state index is 0.0716. The molecule has 0 bridgehead atoms. The first-order valence-corrected chi connectivity index (χ1v) is 9.37. The average Bonchev–Trinajstić information content (AvgIpc) is 2.92. The van der Waals surface area contributed by atoms with Gasteiger partial charge >= 0.3 is 0 Å². The van der Waals surface area contributed by atoms with Crippen molar-refractivity contribution in [3.05, 3.63) is 52.5 Å². The van der Waals surface area contributed by atoms with Gasteiger partial charge in [-0.1, -0.05) is 51.1 Å².